The fourth-order valence-electron chi connectivity index (χ4n) is 3.77. The lowest BCUT2D eigenvalue weighted by atomic mass is 9.93. The number of carboxylic acids is 1. The Labute approximate surface area is 150 Å². The number of nitrogens with one attached hydrogen (secondary N) is 1. The molecule has 0 radical (unpaired) electrons. The molecule has 5 nitrogen and oxygen atoms in total. The van der Waals surface area contributed by atoms with Gasteiger partial charge in [-0.15, -0.1) is 0 Å². The molecule has 0 bridgehead atoms. The third-order valence-electron chi connectivity index (χ3n) is 5.09. The summed E-state index contributed by atoms with van der Waals surface area (Å²) in [4.78, 5) is 21.6. The van der Waals surface area contributed by atoms with Crippen LogP contribution in [0.3, 0.4) is 0 Å². The summed E-state index contributed by atoms with van der Waals surface area (Å²) in [5, 5.41) is 9.69. The number of rotatable bonds is 4. The van der Waals surface area contributed by atoms with E-state index in [1.165, 1.54) is 12.1 Å². The number of carboxylic acid groups (broad SMARTS) is 1. The second-order valence-electron chi connectivity index (χ2n) is 6.75. The standard InChI is InChI=1S/C20H20FN3O2/c21-15-6-7-16-17(12-15)23-19(22-16)14-8-10-24(11-9-14)18(20(25)26)13-4-2-1-3-5-13/h1-7,12,14,18H,8-11H2,(H,22,23)(H,25,26). The first-order valence-electron chi connectivity index (χ1n) is 8.79. The summed E-state index contributed by atoms with van der Waals surface area (Å²) in [6, 6.07) is 13.3. The Hall–Kier alpha value is -2.73. The van der Waals surface area contributed by atoms with Crippen LogP contribution in [0.1, 0.15) is 36.2 Å². The molecule has 2 heterocycles. The lowest BCUT2D eigenvalue weighted by molar-refractivity contribution is -0.144. The van der Waals surface area contributed by atoms with Crippen molar-refractivity contribution in [3.8, 4) is 0 Å². The Bertz CT molecular complexity index is 917. The van der Waals surface area contributed by atoms with E-state index < -0.39 is 12.0 Å². The number of H-pyrrole nitrogens is 1. The number of fused-ring (bicyclic) bond motifs is 1. The minimum Gasteiger partial charge on any atom is -0.480 e. The van der Waals surface area contributed by atoms with Crippen LogP contribution in [-0.4, -0.2) is 39.0 Å². The van der Waals surface area contributed by atoms with Gasteiger partial charge in [0.2, 0.25) is 0 Å². The third-order valence-corrected chi connectivity index (χ3v) is 5.09. The van der Waals surface area contributed by atoms with Crippen molar-refractivity contribution in [1.82, 2.24) is 14.9 Å². The number of imidazole rings is 1. The van der Waals surface area contributed by atoms with Gasteiger partial charge in [-0.1, -0.05) is 30.3 Å². The molecule has 2 aromatic carbocycles. The summed E-state index contributed by atoms with van der Waals surface area (Å²) in [5.41, 5.74) is 2.27. The Morgan fingerprint density at radius 1 is 1.19 bits per heavy atom. The van der Waals surface area contributed by atoms with E-state index in [-0.39, 0.29) is 11.7 Å². The smallest absolute Gasteiger partial charge is 0.325 e. The Balaban J connectivity index is 1.49. The van der Waals surface area contributed by atoms with Gasteiger partial charge in [-0.25, -0.2) is 9.37 Å². The maximum absolute atomic E-state index is 13.4. The van der Waals surface area contributed by atoms with Crippen LogP contribution in [0, 0.1) is 5.82 Å². The molecule has 3 aromatic rings. The topological polar surface area (TPSA) is 69.2 Å². The summed E-state index contributed by atoms with van der Waals surface area (Å²) >= 11 is 0. The van der Waals surface area contributed by atoms with E-state index >= 15 is 0 Å². The SMILES string of the molecule is O=C(O)C(c1ccccc1)N1CCC(c2nc3ccc(F)cc3[nH]2)CC1. The summed E-state index contributed by atoms with van der Waals surface area (Å²) in [7, 11) is 0. The average molecular weight is 353 g/mol. The molecule has 1 fully saturated rings. The molecular weight excluding hydrogens is 333 g/mol. The minimum atomic E-state index is -0.825. The molecule has 1 aliphatic heterocycles. The van der Waals surface area contributed by atoms with Crippen molar-refractivity contribution in [2.45, 2.75) is 24.8 Å². The van der Waals surface area contributed by atoms with Crippen LogP contribution in [0.15, 0.2) is 48.5 Å². The van der Waals surface area contributed by atoms with Crippen LogP contribution >= 0.6 is 0 Å². The van der Waals surface area contributed by atoms with E-state index in [2.05, 4.69) is 9.97 Å². The molecule has 1 aliphatic rings. The van der Waals surface area contributed by atoms with Gasteiger partial charge in [0, 0.05) is 5.92 Å². The second kappa shape index (κ2) is 6.88. The highest BCUT2D eigenvalue weighted by molar-refractivity contribution is 5.76. The summed E-state index contributed by atoms with van der Waals surface area (Å²) in [6.07, 6.45) is 1.64. The van der Waals surface area contributed by atoms with Gasteiger partial charge in [0.15, 0.2) is 0 Å². The highest BCUT2D eigenvalue weighted by Gasteiger charge is 2.32. The maximum Gasteiger partial charge on any atom is 0.325 e. The number of piperidine rings is 1. The maximum atomic E-state index is 13.4. The largest absolute Gasteiger partial charge is 0.480 e. The monoisotopic (exact) mass is 353 g/mol. The zero-order valence-corrected chi connectivity index (χ0v) is 14.2. The molecule has 2 N–H and O–H groups in total. The van der Waals surface area contributed by atoms with Crippen molar-refractivity contribution in [2.24, 2.45) is 0 Å². The fraction of sp³-hybridized carbons (Fsp3) is 0.300. The third kappa shape index (κ3) is 3.20. The zero-order valence-electron chi connectivity index (χ0n) is 14.2. The number of hydrogen-bond acceptors (Lipinski definition) is 3. The molecule has 6 heteroatoms. The molecule has 26 heavy (non-hydrogen) atoms. The van der Waals surface area contributed by atoms with E-state index in [1.807, 2.05) is 35.2 Å². The molecular formula is C20H20FN3O2. The van der Waals surface area contributed by atoms with E-state index in [1.54, 1.807) is 6.07 Å². The van der Waals surface area contributed by atoms with Gasteiger partial charge >= 0.3 is 5.97 Å². The molecule has 4 rings (SSSR count). The zero-order chi connectivity index (χ0) is 18.1. The second-order valence-corrected chi connectivity index (χ2v) is 6.75. The van der Waals surface area contributed by atoms with Crippen LogP contribution in [-0.2, 0) is 4.79 Å². The van der Waals surface area contributed by atoms with Crippen molar-refractivity contribution in [2.75, 3.05) is 13.1 Å². The molecule has 134 valence electrons. The Morgan fingerprint density at radius 3 is 2.62 bits per heavy atom. The van der Waals surface area contributed by atoms with E-state index in [9.17, 15) is 14.3 Å². The van der Waals surface area contributed by atoms with Gasteiger partial charge in [-0.3, -0.25) is 9.69 Å². The number of hydrogen-bond donors (Lipinski definition) is 2. The van der Waals surface area contributed by atoms with Crippen molar-refractivity contribution < 1.29 is 14.3 Å². The first kappa shape index (κ1) is 16.7. The van der Waals surface area contributed by atoms with Gasteiger partial charge in [-0.05, 0) is 49.7 Å². The minimum absolute atomic E-state index is 0.229. The number of nitrogens with zero attached hydrogens (tertiary/aromatic N) is 2. The molecule has 0 amide bonds. The van der Waals surface area contributed by atoms with E-state index in [4.69, 9.17) is 0 Å². The lowest BCUT2D eigenvalue weighted by Gasteiger charge is -2.35. The molecule has 1 atom stereocenters. The van der Waals surface area contributed by atoms with Crippen LogP contribution in [0.2, 0.25) is 0 Å². The Morgan fingerprint density at radius 2 is 1.92 bits per heavy atom. The van der Waals surface area contributed by atoms with Gasteiger partial charge in [0.05, 0.1) is 11.0 Å². The first-order chi connectivity index (χ1) is 12.6. The normalized spacial score (nSPS) is 17.4. The molecule has 0 aliphatic carbocycles. The highest BCUT2D eigenvalue weighted by Crippen LogP contribution is 2.32. The predicted molar refractivity (Wildman–Crippen MR) is 96.4 cm³/mol. The summed E-state index contributed by atoms with van der Waals surface area (Å²) < 4.78 is 13.4. The molecule has 0 spiro atoms. The quantitative estimate of drug-likeness (QED) is 0.750. The van der Waals surface area contributed by atoms with Gasteiger partial charge in [-0.2, -0.15) is 0 Å². The van der Waals surface area contributed by atoms with Crippen molar-refractivity contribution in [3.63, 3.8) is 0 Å². The number of aromatic nitrogens is 2. The van der Waals surface area contributed by atoms with Crippen LogP contribution in [0.4, 0.5) is 4.39 Å². The number of aliphatic carboxylic acids is 1. The average Bonchev–Trinajstić information content (AvgIpc) is 3.06. The number of aromatic amines is 1. The summed E-state index contributed by atoms with van der Waals surface area (Å²) in [5.74, 6) is -0.0210. The Kier molecular flexibility index (Phi) is 4.42. The van der Waals surface area contributed by atoms with Crippen molar-refractivity contribution >= 4 is 17.0 Å². The van der Waals surface area contributed by atoms with Crippen molar-refractivity contribution in [3.05, 3.63) is 65.7 Å². The lowest BCUT2D eigenvalue weighted by Crippen LogP contribution is -2.39. The number of halogens is 1. The number of carbonyl (C=O) groups is 1. The van der Waals surface area contributed by atoms with Gasteiger partial charge < -0.3 is 10.1 Å². The van der Waals surface area contributed by atoms with E-state index in [0.29, 0.717) is 18.6 Å². The van der Waals surface area contributed by atoms with Gasteiger partial charge in [0.1, 0.15) is 17.7 Å². The van der Waals surface area contributed by atoms with Crippen molar-refractivity contribution in [1.29, 1.82) is 0 Å². The summed E-state index contributed by atoms with van der Waals surface area (Å²) in [6.45, 7) is 1.36. The van der Waals surface area contributed by atoms with Crippen LogP contribution in [0.25, 0.3) is 11.0 Å². The van der Waals surface area contributed by atoms with Crippen LogP contribution in [0.5, 0.6) is 0 Å². The first-order valence-corrected chi connectivity index (χ1v) is 8.79. The fourth-order valence-corrected chi connectivity index (χ4v) is 3.77. The highest BCUT2D eigenvalue weighted by atomic mass is 19.1. The molecule has 1 unspecified atom stereocenters. The molecule has 1 saturated heterocycles. The number of likely N-dealkylation sites (tertiary alicyclic amines) is 1. The predicted octanol–water partition coefficient (Wildman–Crippen LogP) is 3.71. The number of benzene rings is 2. The van der Waals surface area contributed by atoms with Crippen LogP contribution < -0.4 is 0 Å². The van der Waals surface area contributed by atoms with E-state index in [0.717, 1.165) is 29.7 Å². The van der Waals surface area contributed by atoms with Gasteiger partial charge in [0.25, 0.3) is 0 Å². The molecule has 0 saturated carbocycles. The molecule has 1 aromatic heterocycles.